The Hall–Kier alpha value is 1.30. The van der Waals surface area contributed by atoms with Crippen LogP contribution in [-0.4, -0.2) is 20.0 Å². The van der Waals surface area contributed by atoms with Crippen molar-refractivity contribution in [3.05, 3.63) is 0 Å². The van der Waals surface area contributed by atoms with Crippen LogP contribution >= 0.6 is 7.92 Å². The predicted octanol–water partition coefficient (Wildman–Crippen LogP) is -3.40. The van der Waals surface area contributed by atoms with E-state index in [0.29, 0.717) is 7.92 Å². The van der Waals surface area contributed by atoms with Gasteiger partial charge in [-0.15, -0.1) is 18.2 Å². The van der Waals surface area contributed by atoms with Crippen molar-refractivity contribution in [3.8, 4) is 0 Å². The maximum Gasteiger partial charge on any atom is 1.00 e. The van der Waals surface area contributed by atoms with Gasteiger partial charge in [0.2, 0.25) is 0 Å². The molecule has 0 bridgehead atoms. The largest absolute Gasteiger partial charge is 1.00 e. The minimum atomic E-state index is -4.94. The molecule has 4 nitrogen and oxygen atoms in total. The maximum absolute atomic E-state index is 8.49. The molecule has 0 saturated heterocycles. The van der Waals surface area contributed by atoms with Gasteiger partial charge in [0.15, 0.2) is 0 Å². The van der Waals surface area contributed by atoms with Gasteiger partial charge in [-0.1, -0.05) is 0 Å². The normalized spacial score (nSPS) is 9.60. The van der Waals surface area contributed by atoms with Crippen molar-refractivity contribution in [1.82, 2.24) is 0 Å². The van der Waals surface area contributed by atoms with E-state index >= 15 is 0 Å². The van der Waals surface area contributed by atoms with Crippen LogP contribution in [0.25, 0.3) is 0 Å². The molecular weight excluding hydrogens is 363 g/mol. The second-order valence-corrected chi connectivity index (χ2v) is 5.16. The van der Waals surface area contributed by atoms with Gasteiger partial charge in [-0.2, -0.15) is 0 Å². The van der Waals surface area contributed by atoms with Crippen molar-refractivity contribution < 1.29 is 51.3 Å². The molecule has 0 fully saturated rings. The molecule has 0 aromatic heterocycles. The number of hydrogen-bond donors (Lipinski definition) is 0. The number of hydrogen-bond acceptors (Lipinski definition) is 4. The molecule has 0 amide bonds. The standard InChI is InChI=1S/C3H9P.Au.ClHO4/c1-4(2)3;;2-1(3,4)5/h1-3H3;;(H,2,3,4,5)/q;+1;/p-1. The van der Waals surface area contributed by atoms with E-state index < -0.39 is 10.2 Å². The molecule has 0 N–H and O–H groups in total. The van der Waals surface area contributed by atoms with Gasteiger partial charge in [0.05, 0.1) is 0 Å². The van der Waals surface area contributed by atoms with Crippen LogP contribution in [-0.2, 0) is 22.4 Å². The summed E-state index contributed by atoms with van der Waals surface area (Å²) in [6, 6.07) is 0. The maximum atomic E-state index is 8.49. The summed E-state index contributed by atoms with van der Waals surface area (Å²) < 4.78 is 34.0. The van der Waals surface area contributed by atoms with E-state index in [1.54, 1.807) is 0 Å². The van der Waals surface area contributed by atoms with E-state index in [4.69, 9.17) is 18.6 Å². The minimum absolute atomic E-state index is 0. The summed E-state index contributed by atoms with van der Waals surface area (Å²) >= 11 is 0. The predicted molar refractivity (Wildman–Crippen MR) is 24.7 cm³/mol. The molecule has 68 valence electrons. The van der Waals surface area contributed by atoms with Crippen molar-refractivity contribution in [1.29, 1.82) is 0 Å². The van der Waals surface area contributed by atoms with Crippen LogP contribution in [0.3, 0.4) is 0 Å². The molecule has 7 heteroatoms. The van der Waals surface area contributed by atoms with Crippen LogP contribution in [0.5, 0.6) is 0 Å². The summed E-state index contributed by atoms with van der Waals surface area (Å²) in [6.07, 6.45) is 0. The SMILES string of the molecule is CP(C)C.[Au+].[O-][Cl+3]([O-])([O-])[O-]. The van der Waals surface area contributed by atoms with E-state index in [1.165, 1.54) is 0 Å². The third kappa shape index (κ3) is 379. The second kappa shape index (κ2) is 8.40. The summed E-state index contributed by atoms with van der Waals surface area (Å²) in [5, 5.41) is 0. The quantitative estimate of drug-likeness (QED) is 0.327. The van der Waals surface area contributed by atoms with Crippen molar-refractivity contribution in [2.24, 2.45) is 0 Å². The van der Waals surface area contributed by atoms with Gasteiger partial charge >= 0.3 is 22.4 Å². The second-order valence-electron chi connectivity index (χ2n) is 1.72. The zero-order valence-corrected chi connectivity index (χ0v) is 9.58. The van der Waals surface area contributed by atoms with Gasteiger partial charge in [0.1, 0.15) is 0 Å². The van der Waals surface area contributed by atoms with Gasteiger partial charge in [-0.05, 0) is 20.0 Å². The average molecular weight is 372 g/mol. The fraction of sp³-hybridized carbons (Fsp3) is 1.00. The molecule has 0 aromatic rings. The van der Waals surface area contributed by atoms with Crippen LogP contribution in [0.1, 0.15) is 0 Å². The first kappa shape index (κ1) is 17.4. The molecule has 0 spiro atoms. The zero-order chi connectivity index (χ0) is 8.08. The molecule has 0 atom stereocenters. The van der Waals surface area contributed by atoms with E-state index in [1.807, 2.05) is 0 Å². The van der Waals surface area contributed by atoms with E-state index in [9.17, 15) is 0 Å². The summed E-state index contributed by atoms with van der Waals surface area (Å²) in [6.45, 7) is 6.69. The fourth-order valence-electron chi connectivity index (χ4n) is 0. The molecule has 0 aliphatic rings. The summed E-state index contributed by atoms with van der Waals surface area (Å²) in [5.41, 5.74) is 0. The monoisotopic (exact) mass is 372 g/mol. The molecule has 0 unspecified atom stereocenters. The molecule has 10 heavy (non-hydrogen) atoms. The molecule has 0 radical (unpaired) electrons. The Kier molecular flexibility index (Phi) is 14.6. The minimum Gasteiger partial charge on any atom is -0.222 e. The topological polar surface area (TPSA) is 92.2 Å². The van der Waals surface area contributed by atoms with Crippen LogP contribution in [0.2, 0.25) is 0 Å². The molecule has 0 rings (SSSR count). The summed E-state index contributed by atoms with van der Waals surface area (Å²) in [7, 11) is -4.56. The van der Waals surface area contributed by atoms with E-state index in [-0.39, 0.29) is 22.4 Å². The van der Waals surface area contributed by atoms with Crippen molar-refractivity contribution in [2.75, 3.05) is 20.0 Å². The average Bonchev–Trinajstić information content (AvgIpc) is 1.19. The molecule has 0 saturated carbocycles. The molecule has 0 heterocycles. The first-order valence-corrected chi connectivity index (χ1v) is 5.88. The molecule has 0 aromatic carbocycles. The van der Waals surface area contributed by atoms with Gasteiger partial charge < -0.3 is 0 Å². The molecule has 0 aliphatic carbocycles. The van der Waals surface area contributed by atoms with Crippen molar-refractivity contribution in [2.45, 2.75) is 0 Å². The van der Waals surface area contributed by atoms with Gasteiger partial charge in [-0.25, -0.2) is 18.6 Å². The Morgan fingerprint density at radius 1 is 0.900 bits per heavy atom. The Labute approximate surface area is 79.2 Å². The smallest absolute Gasteiger partial charge is 0.222 e. The third-order valence-electron chi connectivity index (χ3n) is 0. The summed E-state index contributed by atoms with van der Waals surface area (Å²) in [5.74, 6) is 0. The number of rotatable bonds is 0. The Bertz CT molecular complexity index is 57.3. The summed E-state index contributed by atoms with van der Waals surface area (Å²) in [4.78, 5) is 0. The van der Waals surface area contributed by atoms with Gasteiger partial charge in [0, 0.05) is 0 Å². The van der Waals surface area contributed by atoms with Crippen LogP contribution in [0.4, 0.5) is 0 Å². The van der Waals surface area contributed by atoms with Gasteiger partial charge in [0.25, 0.3) is 0 Å². The first-order chi connectivity index (χ1) is 3.73. The fourth-order valence-corrected chi connectivity index (χ4v) is 0. The Morgan fingerprint density at radius 3 is 0.900 bits per heavy atom. The van der Waals surface area contributed by atoms with E-state index in [2.05, 4.69) is 20.0 Å². The Morgan fingerprint density at radius 2 is 0.900 bits per heavy atom. The van der Waals surface area contributed by atoms with Crippen molar-refractivity contribution >= 4 is 7.92 Å². The van der Waals surface area contributed by atoms with Crippen LogP contribution in [0, 0.1) is 10.2 Å². The van der Waals surface area contributed by atoms with E-state index in [0.717, 1.165) is 0 Å². The first-order valence-electron chi connectivity index (χ1n) is 1.96. The van der Waals surface area contributed by atoms with Gasteiger partial charge in [-0.3, -0.25) is 0 Å². The van der Waals surface area contributed by atoms with Crippen molar-refractivity contribution in [3.63, 3.8) is 0 Å². The molecule has 0 aliphatic heterocycles. The zero-order valence-electron chi connectivity index (χ0n) is 5.76. The Balaban J connectivity index is -0.0000000910. The van der Waals surface area contributed by atoms with Crippen LogP contribution in [0.15, 0.2) is 0 Å². The molecular formula is C3H9AuClO4P. The third-order valence-corrected chi connectivity index (χ3v) is 0. The number of halogens is 1. The van der Waals surface area contributed by atoms with Crippen LogP contribution < -0.4 is 18.6 Å².